The molecule has 1 aromatic heterocycles. The van der Waals surface area contributed by atoms with Gasteiger partial charge in [-0.15, -0.1) is 0 Å². The van der Waals surface area contributed by atoms with Crippen molar-refractivity contribution >= 4 is 5.91 Å². The van der Waals surface area contributed by atoms with Crippen LogP contribution in [0.4, 0.5) is 0 Å². The molecule has 0 aliphatic heterocycles. The smallest absolute Gasteiger partial charge is 0.254 e. The van der Waals surface area contributed by atoms with E-state index >= 15 is 0 Å². The van der Waals surface area contributed by atoms with Gasteiger partial charge in [-0.3, -0.25) is 4.79 Å². The van der Waals surface area contributed by atoms with Crippen LogP contribution in [0.2, 0.25) is 0 Å². The molecule has 0 saturated carbocycles. The van der Waals surface area contributed by atoms with Crippen molar-refractivity contribution in [2.75, 3.05) is 14.2 Å². The minimum absolute atomic E-state index is 0.0493. The van der Waals surface area contributed by atoms with Crippen molar-refractivity contribution < 1.29 is 9.53 Å². The van der Waals surface area contributed by atoms with Gasteiger partial charge in [0, 0.05) is 12.6 Å². The van der Waals surface area contributed by atoms with Crippen molar-refractivity contribution in [3.63, 3.8) is 0 Å². The summed E-state index contributed by atoms with van der Waals surface area (Å²) in [5.41, 5.74) is 2.57. The van der Waals surface area contributed by atoms with Gasteiger partial charge in [-0.2, -0.15) is 5.10 Å². The van der Waals surface area contributed by atoms with Crippen molar-refractivity contribution in [3.8, 4) is 11.4 Å². The van der Waals surface area contributed by atoms with Crippen LogP contribution in [-0.2, 0) is 0 Å². The molecule has 3 rings (SSSR count). The topological polar surface area (TPSA) is 60.2 Å². The molecule has 0 saturated heterocycles. The third-order valence-corrected chi connectivity index (χ3v) is 4.28. The molecular weight excluding hydrogens is 316 g/mol. The van der Waals surface area contributed by atoms with Crippen molar-refractivity contribution in [2.24, 2.45) is 0 Å². The molecule has 1 heterocycles. The fourth-order valence-electron chi connectivity index (χ4n) is 2.61. The Kier molecular flexibility index (Phi) is 4.79. The highest BCUT2D eigenvalue weighted by molar-refractivity contribution is 5.94. The maximum absolute atomic E-state index is 12.7. The second-order valence-electron chi connectivity index (χ2n) is 5.76. The Morgan fingerprint density at radius 1 is 1.20 bits per heavy atom. The van der Waals surface area contributed by atoms with Gasteiger partial charge in [-0.05, 0) is 42.8 Å². The van der Waals surface area contributed by atoms with E-state index in [2.05, 4.69) is 10.1 Å². The highest BCUT2D eigenvalue weighted by atomic mass is 16.5. The first-order chi connectivity index (χ1) is 12.1. The fraction of sp³-hybridized carbons (Fsp3) is 0.211. The Labute approximate surface area is 146 Å². The Hall–Kier alpha value is -3.15. The summed E-state index contributed by atoms with van der Waals surface area (Å²) in [6.07, 6.45) is 3.15. The fourth-order valence-corrected chi connectivity index (χ4v) is 2.61. The van der Waals surface area contributed by atoms with Crippen molar-refractivity contribution in [1.29, 1.82) is 0 Å². The number of aromatic nitrogens is 3. The largest absolute Gasteiger partial charge is 0.497 e. The van der Waals surface area contributed by atoms with E-state index in [1.54, 1.807) is 42.2 Å². The standard InChI is InChI=1S/C19H20N4O2/c1-14(15-7-9-17(10-8-15)23-13-20-12-21-23)22(2)19(24)16-5-4-6-18(11-16)25-3/h4-14H,1-3H3/t14-/m0/s1. The third-order valence-electron chi connectivity index (χ3n) is 4.28. The number of ether oxygens (including phenoxy) is 1. The van der Waals surface area contributed by atoms with Gasteiger partial charge in [0.2, 0.25) is 0 Å². The molecule has 1 amide bonds. The molecule has 0 aliphatic rings. The number of amides is 1. The molecule has 1 atom stereocenters. The second-order valence-corrected chi connectivity index (χ2v) is 5.76. The molecule has 6 nitrogen and oxygen atoms in total. The maximum Gasteiger partial charge on any atom is 0.254 e. The molecule has 3 aromatic rings. The highest BCUT2D eigenvalue weighted by Crippen LogP contribution is 2.23. The number of carbonyl (C=O) groups excluding carboxylic acids is 1. The zero-order chi connectivity index (χ0) is 17.8. The molecule has 0 fully saturated rings. The summed E-state index contributed by atoms with van der Waals surface area (Å²) in [7, 11) is 3.39. The number of benzene rings is 2. The van der Waals surface area contributed by atoms with Crippen molar-refractivity contribution in [1.82, 2.24) is 19.7 Å². The Morgan fingerprint density at radius 2 is 1.96 bits per heavy atom. The zero-order valence-corrected chi connectivity index (χ0v) is 14.5. The van der Waals surface area contributed by atoms with Gasteiger partial charge in [0.05, 0.1) is 18.8 Å². The lowest BCUT2D eigenvalue weighted by molar-refractivity contribution is 0.0742. The average molecular weight is 336 g/mol. The summed E-state index contributed by atoms with van der Waals surface area (Å²) >= 11 is 0. The predicted molar refractivity (Wildman–Crippen MR) is 94.9 cm³/mol. The van der Waals surface area contributed by atoms with E-state index in [0.717, 1.165) is 11.3 Å². The average Bonchev–Trinajstić information content (AvgIpc) is 3.21. The highest BCUT2D eigenvalue weighted by Gasteiger charge is 2.19. The number of rotatable bonds is 5. The monoisotopic (exact) mass is 336 g/mol. The number of hydrogen-bond acceptors (Lipinski definition) is 4. The molecule has 0 aliphatic carbocycles. The lowest BCUT2D eigenvalue weighted by atomic mass is 10.1. The summed E-state index contributed by atoms with van der Waals surface area (Å²) in [5, 5.41) is 4.11. The van der Waals surface area contributed by atoms with Crippen LogP contribution in [0, 0.1) is 0 Å². The minimum Gasteiger partial charge on any atom is -0.497 e. The van der Waals surface area contributed by atoms with E-state index in [0.29, 0.717) is 11.3 Å². The van der Waals surface area contributed by atoms with Gasteiger partial charge in [-0.1, -0.05) is 18.2 Å². The third kappa shape index (κ3) is 3.52. The number of hydrogen-bond donors (Lipinski definition) is 0. The number of methoxy groups -OCH3 is 1. The Balaban J connectivity index is 1.77. The normalized spacial score (nSPS) is 11.8. The molecule has 0 unspecified atom stereocenters. The first-order valence-electron chi connectivity index (χ1n) is 7.96. The van der Waals surface area contributed by atoms with Crippen LogP contribution in [0.15, 0.2) is 61.2 Å². The van der Waals surface area contributed by atoms with Gasteiger partial charge in [0.15, 0.2) is 0 Å². The zero-order valence-electron chi connectivity index (χ0n) is 14.5. The van der Waals surface area contributed by atoms with Crippen LogP contribution in [0.25, 0.3) is 5.69 Å². The van der Waals surface area contributed by atoms with Gasteiger partial charge >= 0.3 is 0 Å². The van der Waals surface area contributed by atoms with E-state index in [9.17, 15) is 4.79 Å². The van der Waals surface area contributed by atoms with E-state index in [1.807, 2.05) is 43.3 Å². The summed E-state index contributed by atoms with van der Waals surface area (Å²) < 4.78 is 6.89. The van der Waals surface area contributed by atoms with Crippen LogP contribution in [0.1, 0.15) is 28.9 Å². The summed E-state index contributed by atoms with van der Waals surface area (Å²) in [6, 6.07) is 15.0. The van der Waals surface area contributed by atoms with Crippen LogP contribution in [0.3, 0.4) is 0 Å². The molecule has 0 radical (unpaired) electrons. The van der Waals surface area contributed by atoms with Crippen LogP contribution >= 0.6 is 0 Å². The van der Waals surface area contributed by atoms with Gasteiger partial charge < -0.3 is 9.64 Å². The molecule has 128 valence electrons. The first-order valence-corrected chi connectivity index (χ1v) is 7.96. The summed E-state index contributed by atoms with van der Waals surface area (Å²) in [4.78, 5) is 18.4. The minimum atomic E-state index is -0.0662. The molecule has 0 N–H and O–H groups in total. The Bertz CT molecular complexity index is 844. The Morgan fingerprint density at radius 3 is 2.60 bits per heavy atom. The predicted octanol–water partition coefficient (Wildman–Crippen LogP) is 3.11. The molecule has 0 bridgehead atoms. The first kappa shape index (κ1) is 16.7. The lowest BCUT2D eigenvalue weighted by Gasteiger charge is -2.25. The number of carbonyl (C=O) groups is 1. The SMILES string of the molecule is COc1cccc(C(=O)N(C)[C@@H](C)c2ccc(-n3cncn3)cc2)c1. The maximum atomic E-state index is 12.7. The molecular formula is C19H20N4O2. The molecule has 6 heteroatoms. The van der Waals surface area contributed by atoms with Crippen molar-refractivity contribution in [3.05, 3.63) is 72.3 Å². The van der Waals surface area contributed by atoms with Gasteiger partial charge in [-0.25, -0.2) is 9.67 Å². The quantitative estimate of drug-likeness (QED) is 0.718. The van der Waals surface area contributed by atoms with E-state index in [1.165, 1.54) is 6.33 Å². The van der Waals surface area contributed by atoms with Crippen LogP contribution < -0.4 is 4.74 Å². The van der Waals surface area contributed by atoms with Gasteiger partial charge in [0.1, 0.15) is 18.4 Å². The van der Waals surface area contributed by atoms with E-state index in [4.69, 9.17) is 4.74 Å². The van der Waals surface area contributed by atoms with E-state index in [-0.39, 0.29) is 11.9 Å². The molecule has 0 spiro atoms. The second kappa shape index (κ2) is 7.17. The van der Waals surface area contributed by atoms with Crippen LogP contribution in [-0.4, -0.2) is 39.7 Å². The number of nitrogens with zero attached hydrogens (tertiary/aromatic N) is 4. The van der Waals surface area contributed by atoms with Gasteiger partial charge in [0.25, 0.3) is 5.91 Å². The summed E-state index contributed by atoms with van der Waals surface area (Å²) in [5.74, 6) is 0.621. The van der Waals surface area contributed by atoms with Crippen molar-refractivity contribution in [2.45, 2.75) is 13.0 Å². The lowest BCUT2D eigenvalue weighted by Crippen LogP contribution is -2.29. The molecule has 25 heavy (non-hydrogen) atoms. The van der Waals surface area contributed by atoms with E-state index < -0.39 is 0 Å². The summed E-state index contributed by atoms with van der Waals surface area (Å²) in [6.45, 7) is 2.00. The molecule has 2 aromatic carbocycles. The van der Waals surface area contributed by atoms with Crippen LogP contribution in [0.5, 0.6) is 5.75 Å².